The minimum absolute atomic E-state index is 0. The van der Waals surface area contributed by atoms with Gasteiger partial charge in [-0.25, -0.2) is 0 Å². The van der Waals surface area contributed by atoms with Crippen LogP contribution in [-0.4, -0.2) is 49.4 Å². The van der Waals surface area contributed by atoms with Crippen molar-refractivity contribution in [3.05, 3.63) is 47.5 Å². The molecule has 2 fully saturated rings. The Bertz CT molecular complexity index is 1010. The lowest BCUT2D eigenvalue weighted by Gasteiger charge is -2.18. The number of carbonyl (C=O) groups excluding carboxylic acids is 2. The van der Waals surface area contributed by atoms with Gasteiger partial charge in [-0.05, 0) is 36.5 Å². The van der Waals surface area contributed by atoms with E-state index in [4.69, 9.17) is 0 Å². The van der Waals surface area contributed by atoms with Gasteiger partial charge < -0.3 is 10.6 Å². The number of amides is 2. The van der Waals surface area contributed by atoms with Gasteiger partial charge in [0.1, 0.15) is 0 Å². The van der Waals surface area contributed by atoms with Crippen molar-refractivity contribution in [3.8, 4) is 11.8 Å². The zero-order chi connectivity index (χ0) is 22.9. The summed E-state index contributed by atoms with van der Waals surface area (Å²) in [7, 11) is 1.56. The maximum atomic E-state index is 12.8. The maximum Gasteiger partial charge on any atom is 0.416 e. The number of imide groups is 1. The molecule has 176 valence electrons. The number of likely N-dealkylation sites (tertiary alicyclic amines) is 1. The molecule has 0 spiro atoms. The molecule has 0 radical (unpaired) electrons. The minimum Gasteiger partial charge on any atom is -0.355 e. The summed E-state index contributed by atoms with van der Waals surface area (Å²) in [5.74, 6) is 5.64. The Balaban J connectivity index is 0.00000306. The van der Waals surface area contributed by atoms with E-state index >= 15 is 0 Å². The van der Waals surface area contributed by atoms with Gasteiger partial charge in [-0.1, -0.05) is 30.1 Å². The Morgan fingerprint density at radius 3 is 2.42 bits per heavy atom. The van der Waals surface area contributed by atoms with Crippen molar-refractivity contribution in [3.63, 3.8) is 0 Å². The van der Waals surface area contributed by atoms with Gasteiger partial charge in [0.25, 0.3) is 0 Å². The number of allylic oxidation sites excluding steroid dienone is 2. The molecule has 33 heavy (non-hydrogen) atoms. The van der Waals surface area contributed by atoms with Crippen molar-refractivity contribution >= 4 is 41.8 Å². The molecule has 6 nitrogen and oxygen atoms in total. The predicted molar refractivity (Wildman–Crippen MR) is 128 cm³/mol. The summed E-state index contributed by atoms with van der Waals surface area (Å²) in [6.07, 6.45) is 0.613. The lowest BCUT2D eigenvalue weighted by atomic mass is 9.85. The molecule has 2 aliphatic carbocycles. The first-order valence-electron chi connectivity index (χ1n) is 10.4. The second-order valence-corrected chi connectivity index (χ2v) is 8.06. The Morgan fingerprint density at radius 2 is 1.82 bits per heavy atom. The Labute approximate surface area is 207 Å². The monoisotopic (exact) mass is 572 g/mol. The van der Waals surface area contributed by atoms with Crippen LogP contribution in [0.2, 0.25) is 0 Å². The summed E-state index contributed by atoms with van der Waals surface area (Å²) in [6, 6.07) is 4.83. The quantitative estimate of drug-likeness (QED) is 0.145. The molecule has 4 rings (SSSR count). The third kappa shape index (κ3) is 5.18. The molecule has 1 aliphatic heterocycles. The Hall–Kier alpha value is -2.55. The van der Waals surface area contributed by atoms with Crippen LogP contribution in [0.25, 0.3) is 0 Å². The number of fused-ring (bicyclic) bond motifs is 5. The van der Waals surface area contributed by atoms with Crippen LogP contribution in [0, 0.1) is 35.5 Å². The largest absolute Gasteiger partial charge is 0.416 e. The molecule has 10 heteroatoms. The average Bonchev–Trinajstić information content (AvgIpc) is 3.44. The molecule has 4 unspecified atom stereocenters. The van der Waals surface area contributed by atoms with Crippen LogP contribution in [-0.2, 0) is 15.8 Å². The molecule has 3 aliphatic rings. The molecule has 0 aromatic heterocycles. The molecule has 1 aromatic rings. The second-order valence-electron chi connectivity index (χ2n) is 8.06. The van der Waals surface area contributed by atoms with Crippen molar-refractivity contribution < 1.29 is 22.8 Å². The third-order valence-electron chi connectivity index (χ3n) is 6.18. The number of guanidine groups is 1. The van der Waals surface area contributed by atoms with Gasteiger partial charge in [0.05, 0.1) is 23.9 Å². The van der Waals surface area contributed by atoms with Crippen molar-refractivity contribution in [2.45, 2.75) is 12.6 Å². The first kappa shape index (κ1) is 25.1. The third-order valence-corrected chi connectivity index (χ3v) is 6.18. The lowest BCUT2D eigenvalue weighted by Crippen LogP contribution is -2.43. The van der Waals surface area contributed by atoms with Crippen molar-refractivity contribution in [1.82, 2.24) is 15.5 Å². The highest BCUT2D eigenvalue weighted by atomic mass is 127. The van der Waals surface area contributed by atoms with E-state index in [-0.39, 0.29) is 78.1 Å². The van der Waals surface area contributed by atoms with Crippen LogP contribution in [0.1, 0.15) is 17.5 Å². The standard InChI is InChI=1S/C23H23F3N4O2.HI/c1-27-22(28-9-3-5-14-4-2-6-17(12-14)23(24,25)26)29-10-11-30-20(31)18-15-7-8-16(13-15)19(18)21(30)32;/h2,4,6-8,12,15-16,18-19H,9-11,13H2,1H3,(H2,27,28,29);1H. The smallest absolute Gasteiger partial charge is 0.355 e. The molecule has 1 heterocycles. The fourth-order valence-corrected chi connectivity index (χ4v) is 4.74. The van der Waals surface area contributed by atoms with E-state index < -0.39 is 11.7 Å². The van der Waals surface area contributed by atoms with E-state index in [0.29, 0.717) is 12.5 Å². The highest BCUT2D eigenvalue weighted by Gasteiger charge is 2.58. The van der Waals surface area contributed by atoms with Gasteiger partial charge >= 0.3 is 6.18 Å². The van der Waals surface area contributed by atoms with Crippen LogP contribution >= 0.6 is 24.0 Å². The SMILES string of the molecule is CN=C(NCC#Cc1cccc(C(F)(F)F)c1)NCCN1C(=O)C2C3C=CC(C3)C2C1=O.I. The number of carbonyl (C=O) groups is 2. The normalized spacial score (nSPS) is 25.5. The highest BCUT2D eigenvalue weighted by Crippen LogP contribution is 2.52. The first-order chi connectivity index (χ1) is 15.3. The predicted octanol–water partition coefficient (Wildman–Crippen LogP) is 2.65. The van der Waals surface area contributed by atoms with Gasteiger partial charge in [-0.3, -0.25) is 19.5 Å². The molecule has 2 N–H and O–H groups in total. The number of rotatable bonds is 4. The molecule has 1 aromatic carbocycles. The van der Waals surface area contributed by atoms with Crippen LogP contribution in [0.15, 0.2) is 41.4 Å². The Kier molecular flexibility index (Phi) is 7.72. The number of hydrogen-bond donors (Lipinski definition) is 2. The van der Waals surface area contributed by atoms with Gasteiger partial charge in [-0.2, -0.15) is 13.2 Å². The summed E-state index contributed by atoms with van der Waals surface area (Å²) < 4.78 is 38.3. The summed E-state index contributed by atoms with van der Waals surface area (Å²) in [5, 5.41) is 5.97. The highest BCUT2D eigenvalue weighted by molar-refractivity contribution is 14.0. The Morgan fingerprint density at radius 1 is 1.15 bits per heavy atom. The number of aliphatic imine (C=N–C) groups is 1. The molecule has 4 atom stereocenters. The topological polar surface area (TPSA) is 73.8 Å². The number of hydrogen-bond acceptors (Lipinski definition) is 3. The zero-order valence-electron chi connectivity index (χ0n) is 17.9. The van der Waals surface area contributed by atoms with Gasteiger partial charge in [0.2, 0.25) is 11.8 Å². The molecule has 1 saturated heterocycles. The van der Waals surface area contributed by atoms with Crippen LogP contribution < -0.4 is 10.6 Å². The fourth-order valence-electron chi connectivity index (χ4n) is 4.74. The van der Waals surface area contributed by atoms with E-state index in [9.17, 15) is 22.8 Å². The molecule has 2 amide bonds. The van der Waals surface area contributed by atoms with Crippen molar-refractivity contribution in [1.29, 1.82) is 0 Å². The van der Waals surface area contributed by atoms with Crippen LogP contribution in [0.4, 0.5) is 13.2 Å². The summed E-state index contributed by atoms with van der Waals surface area (Å²) in [6.45, 7) is 0.748. The molecular weight excluding hydrogens is 548 g/mol. The molecule has 2 bridgehead atoms. The second kappa shape index (κ2) is 10.2. The van der Waals surface area contributed by atoms with Gasteiger partial charge in [0, 0.05) is 25.7 Å². The van der Waals surface area contributed by atoms with Crippen molar-refractivity contribution in [2.75, 3.05) is 26.7 Å². The summed E-state index contributed by atoms with van der Waals surface area (Å²) in [5.41, 5.74) is -0.474. The zero-order valence-corrected chi connectivity index (χ0v) is 20.2. The summed E-state index contributed by atoms with van der Waals surface area (Å²) >= 11 is 0. The first-order valence-corrected chi connectivity index (χ1v) is 10.4. The van der Waals surface area contributed by atoms with Gasteiger partial charge in [-0.15, -0.1) is 24.0 Å². The lowest BCUT2D eigenvalue weighted by molar-refractivity contribution is -0.140. The number of benzene rings is 1. The fraction of sp³-hybridized carbons (Fsp3) is 0.435. The van der Waals surface area contributed by atoms with E-state index in [1.54, 1.807) is 7.05 Å². The van der Waals surface area contributed by atoms with Crippen molar-refractivity contribution in [2.24, 2.45) is 28.7 Å². The summed E-state index contributed by atoms with van der Waals surface area (Å²) in [4.78, 5) is 30.7. The number of alkyl halides is 3. The molecule has 1 saturated carbocycles. The number of nitrogens with zero attached hydrogens (tertiary/aromatic N) is 2. The van der Waals surface area contributed by atoms with E-state index in [1.807, 2.05) is 0 Å². The van der Waals surface area contributed by atoms with Gasteiger partial charge in [0.15, 0.2) is 5.96 Å². The van der Waals surface area contributed by atoms with E-state index in [2.05, 4.69) is 39.6 Å². The minimum atomic E-state index is -4.41. The number of nitrogens with one attached hydrogen (secondary N) is 2. The van der Waals surface area contributed by atoms with Crippen LogP contribution in [0.5, 0.6) is 0 Å². The van der Waals surface area contributed by atoms with E-state index in [0.717, 1.165) is 18.6 Å². The molecular formula is C23H24F3IN4O2. The maximum absolute atomic E-state index is 12.8. The van der Waals surface area contributed by atoms with E-state index in [1.165, 1.54) is 17.0 Å². The average molecular weight is 572 g/mol. The van der Waals surface area contributed by atoms with Crippen LogP contribution in [0.3, 0.4) is 0 Å². The number of halogens is 4.